The number of nitrogens with zero attached hydrogens (tertiary/aromatic N) is 3. The Morgan fingerprint density at radius 3 is 2.71 bits per heavy atom. The van der Waals surface area contributed by atoms with E-state index in [4.69, 9.17) is 4.74 Å². The molecule has 0 bridgehead atoms. The molecular weight excluding hydrogens is 352 g/mol. The van der Waals surface area contributed by atoms with Gasteiger partial charge in [0, 0.05) is 17.7 Å². The standard InChI is InChI=1S/C22H20N4O2/c1-28-17-9-5-8-15(10-17)21-20-18(25-22-23-13-24-26(21)22)11-16(12-19(20)27)14-6-3-2-4-7-14/h2-10,13,16,21H,11-12H2,1H3,(H,23,24,25)/t16-,21+/m0/s1. The summed E-state index contributed by atoms with van der Waals surface area (Å²) in [5, 5.41) is 7.74. The van der Waals surface area contributed by atoms with E-state index in [9.17, 15) is 4.79 Å². The van der Waals surface area contributed by atoms with Crippen LogP contribution in [0.25, 0.3) is 0 Å². The number of hydrogen-bond acceptors (Lipinski definition) is 5. The molecule has 0 spiro atoms. The lowest BCUT2D eigenvalue weighted by molar-refractivity contribution is -0.116. The summed E-state index contributed by atoms with van der Waals surface area (Å²) >= 11 is 0. The molecule has 1 aromatic heterocycles. The molecule has 0 saturated heterocycles. The number of Topliss-reactive ketones (excluding diaryl/α,β-unsaturated/α-hetero) is 1. The second-order valence-electron chi connectivity index (χ2n) is 7.16. The molecule has 0 saturated carbocycles. The molecule has 2 heterocycles. The van der Waals surface area contributed by atoms with Crippen LogP contribution in [-0.4, -0.2) is 27.7 Å². The summed E-state index contributed by atoms with van der Waals surface area (Å²) in [7, 11) is 1.64. The zero-order valence-electron chi connectivity index (χ0n) is 15.5. The number of ketones is 1. The molecule has 2 atom stereocenters. The lowest BCUT2D eigenvalue weighted by Gasteiger charge is -2.35. The molecule has 1 aliphatic heterocycles. The summed E-state index contributed by atoms with van der Waals surface area (Å²) in [6.07, 6.45) is 2.79. The third-order valence-corrected chi connectivity index (χ3v) is 5.54. The van der Waals surface area contributed by atoms with Crippen LogP contribution >= 0.6 is 0 Å². The minimum absolute atomic E-state index is 0.150. The molecular formula is C22H20N4O2. The van der Waals surface area contributed by atoms with Crippen molar-refractivity contribution >= 4 is 11.7 Å². The van der Waals surface area contributed by atoms with E-state index in [1.807, 2.05) is 42.5 Å². The van der Waals surface area contributed by atoms with Crippen molar-refractivity contribution in [2.24, 2.45) is 0 Å². The van der Waals surface area contributed by atoms with E-state index in [-0.39, 0.29) is 17.7 Å². The highest BCUT2D eigenvalue weighted by Gasteiger charge is 2.39. The van der Waals surface area contributed by atoms with Crippen molar-refractivity contribution in [2.75, 3.05) is 12.4 Å². The molecule has 0 fully saturated rings. The van der Waals surface area contributed by atoms with Crippen molar-refractivity contribution in [2.45, 2.75) is 24.8 Å². The quantitative estimate of drug-likeness (QED) is 0.759. The van der Waals surface area contributed by atoms with Crippen LogP contribution in [0.2, 0.25) is 0 Å². The third-order valence-electron chi connectivity index (χ3n) is 5.54. The monoisotopic (exact) mass is 372 g/mol. The van der Waals surface area contributed by atoms with E-state index in [0.29, 0.717) is 12.4 Å². The number of fused-ring (bicyclic) bond motifs is 1. The van der Waals surface area contributed by atoms with E-state index in [1.165, 1.54) is 11.9 Å². The Hall–Kier alpha value is -3.41. The second kappa shape index (κ2) is 6.64. The minimum atomic E-state index is -0.298. The van der Waals surface area contributed by atoms with Gasteiger partial charge in [-0.1, -0.05) is 42.5 Å². The van der Waals surface area contributed by atoms with Crippen molar-refractivity contribution in [3.63, 3.8) is 0 Å². The molecule has 6 nitrogen and oxygen atoms in total. The molecule has 2 aromatic carbocycles. The van der Waals surface area contributed by atoms with Crippen LogP contribution in [0.4, 0.5) is 5.95 Å². The van der Waals surface area contributed by atoms with Gasteiger partial charge in [-0.25, -0.2) is 4.68 Å². The maximum Gasteiger partial charge on any atom is 0.226 e. The summed E-state index contributed by atoms with van der Waals surface area (Å²) in [5.74, 6) is 1.73. The average Bonchev–Trinajstić information content (AvgIpc) is 3.21. The number of carbonyl (C=O) groups is 1. The molecule has 1 N–H and O–H groups in total. The summed E-state index contributed by atoms with van der Waals surface area (Å²) < 4.78 is 7.18. The van der Waals surface area contributed by atoms with Gasteiger partial charge in [-0.3, -0.25) is 4.79 Å². The number of ether oxygens (including phenoxy) is 1. The number of allylic oxidation sites excluding steroid dienone is 2. The molecule has 6 heteroatoms. The summed E-state index contributed by atoms with van der Waals surface area (Å²) in [6.45, 7) is 0. The lowest BCUT2D eigenvalue weighted by atomic mass is 9.78. The Morgan fingerprint density at radius 1 is 1.07 bits per heavy atom. The maximum atomic E-state index is 13.3. The van der Waals surface area contributed by atoms with E-state index >= 15 is 0 Å². The first kappa shape index (κ1) is 16.7. The van der Waals surface area contributed by atoms with Crippen molar-refractivity contribution in [3.05, 3.63) is 83.3 Å². The summed E-state index contributed by atoms with van der Waals surface area (Å²) in [4.78, 5) is 17.6. The Morgan fingerprint density at radius 2 is 1.89 bits per heavy atom. The largest absolute Gasteiger partial charge is 0.497 e. The summed E-state index contributed by atoms with van der Waals surface area (Å²) in [6, 6.07) is 17.7. The van der Waals surface area contributed by atoms with E-state index in [1.54, 1.807) is 11.8 Å². The maximum absolute atomic E-state index is 13.3. The number of hydrogen-bond donors (Lipinski definition) is 1. The van der Waals surface area contributed by atoms with Gasteiger partial charge in [0.1, 0.15) is 18.1 Å². The molecule has 0 unspecified atom stereocenters. The smallest absolute Gasteiger partial charge is 0.226 e. The van der Waals surface area contributed by atoms with Crippen molar-refractivity contribution in [3.8, 4) is 5.75 Å². The highest BCUT2D eigenvalue weighted by molar-refractivity contribution is 6.00. The van der Waals surface area contributed by atoms with Crippen LogP contribution in [0, 0.1) is 0 Å². The predicted molar refractivity (Wildman–Crippen MR) is 105 cm³/mol. The number of benzene rings is 2. The first-order chi connectivity index (χ1) is 13.7. The molecule has 2 aliphatic rings. The van der Waals surface area contributed by atoms with Crippen LogP contribution in [0.3, 0.4) is 0 Å². The van der Waals surface area contributed by atoms with Crippen molar-refractivity contribution in [1.29, 1.82) is 0 Å². The number of aromatic nitrogens is 3. The van der Waals surface area contributed by atoms with E-state index < -0.39 is 0 Å². The Kier molecular flexibility index (Phi) is 3.97. The van der Waals surface area contributed by atoms with Crippen LogP contribution in [0.1, 0.15) is 35.9 Å². The average molecular weight is 372 g/mol. The normalized spacial score (nSPS) is 21.0. The topological polar surface area (TPSA) is 69.0 Å². The highest BCUT2D eigenvalue weighted by atomic mass is 16.5. The number of methoxy groups -OCH3 is 1. The zero-order chi connectivity index (χ0) is 19.1. The number of rotatable bonds is 3. The third kappa shape index (κ3) is 2.69. The van der Waals surface area contributed by atoms with Gasteiger partial charge in [-0.2, -0.15) is 10.1 Å². The highest BCUT2D eigenvalue weighted by Crippen LogP contribution is 2.44. The molecule has 0 radical (unpaired) electrons. The Labute approximate surface area is 162 Å². The second-order valence-corrected chi connectivity index (χ2v) is 7.16. The van der Waals surface area contributed by atoms with Gasteiger partial charge in [0.15, 0.2) is 5.78 Å². The fourth-order valence-electron chi connectivity index (χ4n) is 4.23. The molecule has 28 heavy (non-hydrogen) atoms. The zero-order valence-corrected chi connectivity index (χ0v) is 15.5. The molecule has 1 aliphatic carbocycles. The predicted octanol–water partition coefficient (Wildman–Crippen LogP) is 3.70. The SMILES string of the molecule is COc1cccc([C@@H]2C3=C(C[C@H](c4ccccc4)CC3=O)Nc3ncnn32)c1. The van der Waals surface area contributed by atoms with Gasteiger partial charge in [-0.05, 0) is 35.6 Å². The van der Waals surface area contributed by atoms with Gasteiger partial charge in [0.2, 0.25) is 5.95 Å². The van der Waals surface area contributed by atoms with Crippen LogP contribution in [0.15, 0.2) is 72.2 Å². The van der Waals surface area contributed by atoms with Gasteiger partial charge in [0.05, 0.1) is 7.11 Å². The first-order valence-electron chi connectivity index (χ1n) is 9.36. The molecule has 0 amide bonds. The van der Waals surface area contributed by atoms with Crippen molar-refractivity contribution in [1.82, 2.24) is 14.8 Å². The van der Waals surface area contributed by atoms with Gasteiger partial charge in [-0.15, -0.1) is 0 Å². The summed E-state index contributed by atoms with van der Waals surface area (Å²) in [5.41, 5.74) is 3.87. The van der Waals surface area contributed by atoms with Crippen LogP contribution < -0.4 is 10.1 Å². The van der Waals surface area contributed by atoms with E-state index in [2.05, 4.69) is 27.5 Å². The molecule has 3 aromatic rings. The minimum Gasteiger partial charge on any atom is -0.497 e. The Bertz CT molecular complexity index is 1070. The number of carbonyl (C=O) groups excluding carboxylic acids is 1. The van der Waals surface area contributed by atoms with Gasteiger partial charge >= 0.3 is 0 Å². The van der Waals surface area contributed by atoms with Gasteiger partial charge < -0.3 is 10.1 Å². The molecule has 5 rings (SSSR count). The number of nitrogens with one attached hydrogen (secondary N) is 1. The molecule has 140 valence electrons. The van der Waals surface area contributed by atoms with Crippen LogP contribution in [-0.2, 0) is 4.79 Å². The number of anilines is 1. The Balaban J connectivity index is 1.61. The fraction of sp³-hybridized carbons (Fsp3) is 0.227. The first-order valence-corrected chi connectivity index (χ1v) is 9.36. The lowest BCUT2D eigenvalue weighted by Crippen LogP contribution is -2.33. The van der Waals surface area contributed by atoms with Gasteiger partial charge in [0.25, 0.3) is 0 Å². The van der Waals surface area contributed by atoms with Crippen LogP contribution in [0.5, 0.6) is 5.75 Å². The fourth-order valence-corrected chi connectivity index (χ4v) is 4.23. The van der Waals surface area contributed by atoms with Crippen molar-refractivity contribution < 1.29 is 9.53 Å². The van der Waals surface area contributed by atoms with E-state index in [0.717, 1.165) is 29.0 Å².